The first-order valence-electron chi connectivity index (χ1n) is 7.34. The molecule has 1 aromatic rings. The van der Waals surface area contributed by atoms with Gasteiger partial charge in [-0.1, -0.05) is 46.3 Å². The zero-order chi connectivity index (χ0) is 14.3. The molecule has 0 saturated carbocycles. The van der Waals surface area contributed by atoms with E-state index in [1.54, 1.807) is 6.20 Å². The van der Waals surface area contributed by atoms with Crippen molar-refractivity contribution in [3.05, 3.63) is 37.3 Å². The van der Waals surface area contributed by atoms with Crippen molar-refractivity contribution < 1.29 is 0 Å². The molecular formula is C17H28N2. The van der Waals surface area contributed by atoms with Gasteiger partial charge in [0.1, 0.15) is 0 Å². The summed E-state index contributed by atoms with van der Waals surface area (Å²) in [4.78, 5) is 0. The molecule has 19 heavy (non-hydrogen) atoms. The molecule has 0 aliphatic heterocycles. The lowest BCUT2D eigenvalue weighted by Crippen LogP contribution is -2.30. The maximum Gasteiger partial charge on any atom is 0.0644 e. The summed E-state index contributed by atoms with van der Waals surface area (Å²) in [5, 5.41) is 3.19. The minimum atomic E-state index is 0.176. The summed E-state index contributed by atoms with van der Waals surface area (Å²) in [6, 6.07) is 2.11. The van der Waals surface area contributed by atoms with E-state index >= 15 is 0 Å². The van der Waals surface area contributed by atoms with Gasteiger partial charge in [-0.05, 0) is 38.1 Å². The molecule has 0 saturated heterocycles. The molecule has 0 amide bonds. The van der Waals surface area contributed by atoms with Gasteiger partial charge in [-0.25, -0.2) is 0 Å². The van der Waals surface area contributed by atoms with Crippen LogP contribution in [0.15, 0.2) is 31.6 Å². The van der Waals surface area contributed by atoms with Crippen molar-refractivity contribution in [3.63, 3.8) is 0 Å². The summed E-state index contributed by atoms with van der Waals surface area (Å²) in [5.74, 6) is 0. The predicted molar refractivity (Wildman–Crippen MR) is 86.4 cm³/mol. The van der Waals surface area contributed by atoms with Gasteiger partial charge >= 0.3 is 0 Å². The zero-order valence-electron chi connectivity index (χ0n) is 12.7. The Hall–Kier alpha value is -1.44. The predicted octanol–water partition coefficient (Wildman–Crippen LogP) is 5.39. The highest BCUT2D eigenvalue weighted by Crippen LogP contribution is 2.33. The maximum atomic E-state index is 3.97. The Kier molecular flexibility index (Phi) is 5.94. The standard InChI is InChI=1S/C17H28N2/c1-6-10-13-17(5,12-7-2)19-14-11-15(18-9-4)16(19)8-3/h8-9,11,14,18H,3-4,6-7,10,12-13H2,1-2,5H3. The summed E-state index contributed by atoms with van der Waals surface area (Å²) in [7, 11) is 0. The molecule has 0 aliphatic carbocycles. The molecule has 0 bridgehead atoms. The van der Waals surface area contributed by atoms with Gasteiger partial charge in [0.15, 0.2) is 0 Å². The van der Waals surface area contributed by atoms with E-state index in [4.69, 9.17) is 0 Å². The molecule has 0 fully saturated rings. The Bertz CT molecular complexity index is 417. The van der Waals surface area contributed by atoms with Crippen molar-refractivity contribution in [2.24, 2.45) is 0 Å². The summed E-state index contributed by atoms with van der Waals surface area (Å²) >= 11 is 0. The van der Waals surface area contributed by atoms with Crippen molar-refractivity contribution in [2.75, 3.05) is 5.32 Å². The average molecular weight is 260 g/mol. The van der Waals surface area contributed by atoms with Gasteiger partial charge in [0, 0.05) is 11.7 Å². The molecule has 0 aliphatic rings. The van der Waals surface area contributed by atoms with Crippen LogP contribution in [0, 0.1) is 0 Å². The lowest BCUT2D eigenvalue weighted by atomic mass is 9.89. The molecule has 106 valence electrons. The normalized spacial score (nSPS) is 13.8. The van der Waals surface area contributed by atoms with Crippen LogP contribution in [-0.4, -0.2) is 4.57 Å². The Morgan fingerprint density at radius 2 is 2.00 bits per heavy atom. The van der Waals surface area contributed by atoms with Gasteiger partial charge < -0.3 is 9.88 Å². The number of hydrogen-bond acceptors (Lipinski definition) is 1. The van der Waals surface area contributed by atoms with Crippen molar-refractivity contribution in [1.29, 1.82) is 0 Å². The van der Waals surface area contributed by atoms with Gasteiger partial charge in [-0.2, -0.15) is 0 Å². The van der Waals surface area contributed by atoms with E-state index in [0.29, 0.717) is 0 Å². The zero-order valence-corrected chi connectivity index (χ0v) is 12.7. The largest absolute Gasteiger partial charge is 0.361 e. The first-order valence-corrected chi connectivity index (χ1v) is 7.34. The number of rotatable bonds is 9. The molecular weight excluding hydrogens is 232 g/mol. The average Bonchev–Trinajstić information content (AvgIpc) is 2.81. The van der Waals surface area contributed by atoms with Crippen LogP contribution in [0.5, 0.6) is 0 Å². The van der Waals surface area contributed by atoms with Crippen LogP contribution in [0.4, 0.5) is 5.69 Å². The first kappa shape index (κ1) is 15.6. The number of nitrogens with one attached hydrogen (secondary N) is 1. The Morgan fingerprint density at radius 1 is 1.26 bits per heavy atom. The molecule has 0 aromatic carbocycles. The second-order valence-electron chi connectivity index (χ2n) is 5.39. The van der Waals surface area contributed by atoms with Crippen LogP contribution in [0.3, 0.4) is 0 Å². The van der Waals surface area contributed by atoms with E-state index in [-0.39, 0.29) is 5.54 Å². The number of nitrogens with zero attached hydrogens (tertiary/aromatic N) is 1. The molecule has 1 heterocycles. The highest BCUT2D eigenvalue weighted by atomic mass is 15.1. The Labute approximate surface area is 118 Å². The molecule has 1 atom stereocenters. The van der Waals surface area contributed by atoms with E-state index in [9.17, 15) is 0 Å². The SMILES string of the molecule is C=CNc1ccn(C(C)(CCC)CCCC)c1C=C. The van der Waals surface area contributed by atoms with Crippen molar-refractivity contribution in [3.8, 4) is 0 Å². The second-order valence-corrected chi connectivity index (χ2v) is 5.39. The lowest BCUT2D eigenvalue weighted by Gasteiger charge is -2.33. The van der Waals surface area contributed by atoms with Crippen LogP contribution in [0.25, 0.3) is 6.08 Å². The quantitative estimate of drug-likeness (QED) is 0.629. The number of hydrogen-bond donors (Lipinski definition) is 1. The van der Waals surface area contributed by atoms with Crippen LogP contribution in [0.2, 0.25) is 0 Å². The van der Waals surface area contributed by atoms with Gasteiger partial charge in [-0.3, -0.25) is 0 Å². The minimum Gasteiger partial charge on any atom is -0.361 e. The van der Waals surface area contributed by atoms with Gasteiger partial charge in [0.25, 0.3) is 0 Å². The van der Waals surface area contributed by atoms with Crippen molar-refractivity contribution >= 4 is 11.8 Å². The Balaban J connectivity index is 3.14. The molecule has 0 radical (unpaired) electrons. The smallest absolute Gasteiger partial charge is 0.0644 e. The topological polar surface area (TPSA) is 17.0 Å². The Morgan fingerprint density at radius 3 is 2.53 bits per heavy atom. The summed E-state index contributed by atoms with van der Waals surface area (Å²) < 4.78 is 2.38. The van der Waals surface area contributed by atoms with Gasteiger partial charge in [-0.15, -0.1) is 0 Å². The fraction of sp³-hybridized carbons (Fsp3) is 0.529. The van der Waals surface area contributed by atoms with E-state index in [1.807, 2.05) is 6.08 Å². The fourth-order valence-electron chi connectivity index (χ4n) is 2.82. The molecule has 2 nitrogen and oxygen atoms in total. The summed E-state index contributed by atoms with van der Waals surface area (Å²) in [6.45, 7) is 14.6. The van der Waals surface area contributed by atoms with Crippen LogP contribution in [-0.2, 0) is 5.54 Å². The highest BCUT2D eigenvalue weighted by molar-refractivity contribution is 5.64. The number of aromatic nitrogens is 1. The third-order valence-electron chi connectivity index (χ3n) is 3.82. The summed E-state index contributed by atoms with van der Waals surface area (Å²) in [6.07, 6.45) is 11.9. The maximum absolute atomic E-state index is 3.97. The minimum absolute atomic E-state index is 0.176. The van der Waals surface area contributed by atoms with Crippen LogP contribution < -0.4 is 5.32 Å². The van der Waals surface area contributed by atoms with E-state index < -0.39 is 0 Å². The van der Waals surface area contributed by atoms with Crippen molar-refractivity contribution in [1.82, 2.24) is 4.57 Å². The van der Waals surface area contributed by atoms with Gasteiger partial charge in [0.2, 0.25) is 0 Å². The third-order valence-corrected chi connectivity index (χ3v) is 3.82. The molecule has 0 spiro atoms. The summed E-state index contributed by atoms with van der Waals surface area (Å²) in [5.41, 5.74) is 2.42. The third kappa shape index (κ3) is 3.52. The van der Waals surface area contributed by atoms with E-state index in [1.165, 1.54) is 32.1 Å². The number of unbranched alkanes of at least 4 members (excludes halogenated alkanes) is 1. The molecule has 1 rings (SSSR count). The van der Waals surface area contributed by atoms with E-state index in [0.717, 1.165) is 11.4 Å². The van der Waals surface area contributed by atoms with Crippen molar-refractivity contribution in [2.45, 2.75) is 58.4 Å². The van der Waals surface area contributed by atoms with E-state index in [2.05, 4.69) is 56.1 Å². The molecule has 1 aromatic heterocycles. The molecule has 1 N–H and O–H groups in total. The first-order chi connectivity index (χ1) is 9.12. The molecule has 1 unspecified atom stereocenters. The highest BCUT2D eigenvalue weighted by Gasteiger charge is 2.26. The lowest BCUT2D eigenvalue weighted by molar-refractivity contribution is 0.260. The molecule has 2 heteroatoms. The number of anilines is 1. The fourth-order valence-corrected chi connectivity index (χ4v) is 2.82. The monoisotopic (exact) mass is 260 g/mol. The van der Waals surface area contributed by atoms with Gasteiger partial charge in [0.05, 0.1) is 11.4 Å². The van der Waals surface area contributed by atoms with Crippen LogP contribution >= 0.6 is 0 Å². The second kappa shape index (κ2) is 7.22. The van der Waals surface area contributed by atoms with Crippen LogP contribution in [0.1, 0.15) is 58.6 Å².